The number of aromatic carboxylic acids is 1. The maximum atomic E-state index is 12.3. The van der Waals surface area contributed by atoms with Crippen LogP contribution in [0.2, 0.25) is 0 Å². The smallest absolute Gasteiger partial charge is 0.339 e. The van der Waals surface area contributed by atoms with Crippen molar-refractivity contribution in [2.24, 2.45) is 10.2 Å². The lowest BCUT2D eigenvalue weighted by atomic mass is 10.0. The second-order valence-electron chi connectivity index (χ2n) is 6.79. The maximum Gasteiger partial charge on any atom is 0.339 e. The van der Waals surface area contributed by atoms with Gasteiger partial charge in [0.25, 0.3) is 20.2 Å². The molecule has 0 aliphatic rings. The molecule has 3 rings (SSSR count). The number of azo groups is 1. The van der Waals surface area contributed by atoms with Crippen LogP contribution in [-0.4, -0.2) is 42.1 Å². The van der Waals surface area contributed by atoms with Gasteiger partial charge in [0.2, 0.25) is 0 Å². The molecule has 0 heterocycles. The lowest BCUT2D eigenvalue weighted by Gasteiger charge is -2.14. The molecule has 0 amide bonds. The second kappa shape index (κ2) is 8.71. The van der Waals surface area contributed by atoms with E-state index in [4.69, 9.17) is 16.6 Å². The average molecular weight is 508 g/mol. The Balaban J connectivity index is 2.31. The van der Waals surface area contributed by atoms with Gasteiger partial charge in [0.05, 0.1) is 11.4 Å². The van der Waals surface area contributed by atoms with Crippen LogP contribution < -0.4 is 11.5 Å². The lowest BCUT2D eigenvalue weighted by Crippen LogP contribution is -2.07. The van der Waals surface area contributed by atoms with E-state index in [0.717, 1.165) is 36.4 Å². The molecule has 0 bridgehead atoms. The number of anilines is 2. The highest BCUT2D eigenvalue weighted by atomic mass is 32.2. The standard InChI is InChI=1S/C19H16N4O9S2/c20-9-1-3-11(16(7-9)33(27,28)29)12-4-5-14(21)17(18(12)34(30,31)32)23-22-10-2-6-15(24)13(8-10)19(25)26/h1-8,24H,20-21H2,(H,25,26)(H,27,28,29)(H,30,31,32). The molecule has 3 aromatic rings. The van der Waals surface area contributed by atoms with Gasteiger partial charge in [-0.05, 0) is 36.4 Å². The summed E-state index contributed by atoms with van der Waals surface area (Å²) in [6.45, 7) is 0. The van der Waals surface area contributed by atoms with Gasteiger partial charge in [-0.25, -0.2) is 4.79 Å². The Labute approximate surface area is 192 Å². The molecule has 0 fully saturated rings. The molecule has 0 saturated heterocycles. The van der Waals surface area contributed by atoms with Crippen LogP contribution in [0.25, 0.3) is 11.1 Å². The third-order valence-electron chi connectivity index (χ3n) is 4.47. The van der Waals surface area contributed by atoms with Crippen molar-refractivity contribution < 1.29 is 40.9 Å². The van der Waals surface area contributed by atoms with Crippen molar-refractivity contribution in [3.05, 3.63) is 54.1 Å². The fourth-order valence-corrected chi connectivity index (χ4v) is 4.60. The van der Waals surface area contributed by atoms with Crippen LogP contribution in [0.5, 0.6) is 5.75 Å². The highest BCUT2D eigenvalue weighted by molar-refractivity contribution is 7.86. The molecule has 0 unspecified atom stereocenters. The van der Waals surface area contributed by atoms with E-state index in [9.17, 15) is 35.8 Å². The van der Waals surface area contributed by atoms with Crippen LogP contribution in [-0.2, 0) is 20.2 Å². The molecule has 8 N–H and O–H groups in total. The summed E-state index contributed by atoms with van der Waals surface area (Å²) in [7, 11) is -10.00. The number of hydrogen-bond acceptors (Lipinski definition) is 10. The van der Waals surface area contributed by atoms with Gasteiger partial charge < -0.3 is 21.7 Å². The number of carbonyl (C=O) groups is 1. The molecule has 178 valence electrons. The van der Waals surface area contributed by atoms with E-state index in [1.165, 1.54) is 12.1 Å². The summed E-state index contributed by atoms with van der Waals surface area (Å²) in [6.07, 6.45) is 0. The minimum absolute atomic E-state index is 0.0540. The number of carboxylic acids is 1. The van der Waals surface area contributed by atoms with Gasteiger partial charge in [-0.3, -0.25) is 9.11 Å². The Morgan fingerprint density at radius 2 is 1.47 bits per heavy atom. The molecular weight excluding hydrogens is 492 g/mol. The number of hydrogen-bond donors (Lipinski definition) is 6. The van der Waals surface area contributed by atoms with Crippen molar-refractivity contribution in [1.29, 1.82) is 0 Å². The number of phenols is 1. The number of carboxylic acid groups (broad SMARTS) is 1. The summed E-state index contributed by atoms with van der Waals surface area (Å²) < 4.78 is 67.8. The molecule has 0 radical (unpaired) electrons. The third kappa shape index (κ3) is 4.96. The average Bonchev–Trinajstić information content (AvgIpc) is 2.72. The lowest BCUT2D eigenvalue weighted by molar-refractivity contribution is 0.0693. The van der Waals surface area contributed by atoms with Crippen molar-refractivity contribution in [3.63, 3.8) is 0 Å². The van der Waals surface area contributed by atoms with Gasteiger partial charge in [-0.2, -0.15) is 21.9 Å². The van der Waals surface area contributed by atoms with Crippen molar-refractivity contribution in [1.82, 2.24) is 0 Å². The number of rotatable bonds is 6. The Morgan fingerprint density at radius 3 is 2.06 bits per heavy atom. The Kier molecular flexibility index (Phi) is 6.30. The molecule has 0 aliphatic carbocycles. The summed E-state index contributed by atoms with van der Waals surface area (Å²) in [5.41, 5.74) is 9.12. The Hall–Kier alpha value is -4.05. The zero-order valence-corrected chi connectivity index (χ0v) is 18.4. The summed E-state index contributed by atoms with van der Waals surface area (Å²) in [5.74, 6) is -2.01. The molecule has 0 saturated carbocycles. The van der Waals surface area contributed by atoms with Crippen LogP contribution in [0, 0.1) is 0 Å². The predicted octanol–water partition coefficient (Wildman–Crippen LogP) is 2.83. The zero-order chi connectivity index (χ0) is 25.4. The summed E-state index contributed by atoms with van der Waals surface area (Å²) >= 11 is 0. The molecule has 13 nitrogen and oxygen atoms in total. The van der Waals surface area contributed by atoms with Crippen molar-refractivity contribution in [3.8, 4) is 16.9 Å². The number of nitrogens with zero attached hydrogens (tertiary/aromatic N) is 2. The summed E-state index contributed by atoms with van der Waals surface area (Å²) in [6, 6.07) is 8.62. The molecule has 15 heteroatoms. The third-order valence-corrected chi connectivity index (χ3v) is 6.29. The van der Waals surface area contributed by atoms with E-state index in [2.05, 4.69) is 10.2 Å². The van der Waals surface area contributed by atoms with E-state index in [0.29, 0.717) is 0 Å². The van der Waals surface area contributed by atoms with Crippen LogP contribution in [0.1, 0.15) is 10.4 Å². The van der Waals surface area contributed by atoms with Gasteiger partial charge in [-0.1, -0.05) is 12.1 Å². The van der Waals surface area contributed by atoms with Gasteiger partial charge in [0, 0.05) is 16.8 Å². The molecule has 3 aromatic carbocycles. The van der Waals surface area contributed by atoms with Gasteiger partial charge in [0.15, 0.2) is 0 Å². The van der Waals surface area contributed by atoms with E-state index >= 15 is 0 Å². The summed E-state index contributed by atoms with van der Waals surface area (Å²) in [5, 5.41) is 26.1. The van der Waals surface area contributed by atoms with Gasteiger partial charge in [0.1, 0.15) is 26.8 Å². The van der Waals surface area contributed by atoms with Crippen LogP contribution in [0.15, 0.2) is 68.6 Å². The van der Waals surface area contributed by atoms with Crippen molar-refractivity contribution >= 4 is 49.0 Å². The summed E-state index contributed by atoms with van der Waals surface area (Å²) in [4.78, 5) is 9.51. The fourth-order valence-electron chi connectivity index (χ4n) is 3.00. The first-order chi connectivity index (χ1) is 15.7. The normalized spacial score (nSPS) is 12.2. The molecule has 0 aliphatic heterocycles. The van der Waals surface area contributed by atoms with Gasteiger partial charge in [-0.15, -0.1) is 5.11 Å². The van der Waals surface area contributed by atoms with E-state index in [1.807, 2.05) is 0 Å². The minimum Gasteiger partial charge on any atom is -0.507 e. The Morgan fingerprint density at radius 1 is 0.824 bits per heavy atom. The highest BCUT2D eigenvalue weighted by Crippen LogP contribution is 2.42. The Bertz CT molecular complexity index is 1570. The quantitative estimate of drug-likeness (QED) is 0.160. The number of nitrogens with two attached hydrogens (primary N) is 2. The zero-order valence-electron chi connectivity index (χ0n) is 16.8. The molecule has 34 heavy (non-hydrogen) atoms. The van der Waals surface area contributed by atoms with Crippen LogP contribution in [0.4, 0.5) is 22.7 Å². The molecule has 0 aromatic heterocycles. The fraction of sp³-hybridized carbons (Fsp3) is 0. The number of benzene rings is 3. The number of aromatic hydroxyl groups is 1. The topological polar surface area (TPSA) is 243 Å². The highest BCUT2D eigenvalue weighted by Gasteiger charge is 2.27. The van der Waals surface area contributed by atoms with Crippen molar-refractivity contribution in [2.75, 3.05) is 11.5 Å². The maximum absolute atomic E-state index is 12.3. The largest absolute Gasteiger partial charge is 0.507 e. The van der Waals surface area contributed by atoms with Gasteiger partial charge >= 0.3 is 5.97 Å². The second-order valence-corrected chi connectivity index (χ2v) is 9.54. The van der Waals surface area contributed by atoms with Crippen molar-refractivity contribution in [2.45, 2.75) is 9.79 Å². The molecular formula is C19H16N4O9S2. The van der Waals surface area contributed by atoms with Crippen LogP contribution in [0.3, 0.4) is 0 Å². The molecule has 0 atom stereocenters. The molecule has 0 spiro atoms. The monoisotopic (exact) mass is 508 g/mol. The number of nitrogen functional groups attached to an aromatic ring is 2. The SMILES string of the molecule is Nc1ccc(-c2ccc(N)c(N=Nc3ccc(O)c(C(=O)O)c3)c2S(=O)(=O)O)c(S(=O)(=O)O)c1. The minimum atomic E-state index is -5.12. The van der Waals surface area contributed by atoms with Crippen LogP contribution >= 0.6 is 0 Å². The first kappa shape index (κ1) is 24.6. The van der Waals surface area contributed by atoms with E-state index in [-0.39, 0.29) is 22.6 Å². The first-order valence-corrected chi connectivity index (χ1v) is 11.8. The first-order valence-electron chi connectivity index (χ1n) is 8.95. The van der Waals surface area contributed by atoms with E-state index < -0.39 is 58.6 Å². The van der Waals surface area contributed by atoms with E-state index in [1.54, 1.807) is 0 Å². The predicted molar refractivity (Wildman–Crippen MR) is 120 cm³/mol.